The molecule has 0 radical (unpaired) electrons. The van der Waals surface area contributed by atoms with E-state index in [1.165, 1.54) is 31.4 Å². The zero-order chi connectivity index (χ0) is 14.7. The van der Waals surface area contributed by atoms with Gasteiger partial charge in [-0.1, -0.05) is 11.2 Å². The molecule has 0 fully saturated rings. The zero-order valence-corrected chi connectivity index (χ0v) is 10.5. The van der Waals surface area contributed by atoms with Crippen molar-refractivity contribution in [2.45, 2.75) is 0 Å². The Morgan fingerprint density at radius 1 is 1.15 bits per heavy atom. The summed E-state index contributed by atoms with van der Waals surface area (Å²) in [5, 5.41) is 21.8. The molecule has 0 saturated carbocycles. The molecule has 0 atom stereocenters. The van der Waals surface area contributed by atoms with Crippen LogP contribution in [0.1, 0.15) is 11.1 Å². The highest BCUT2D eigenvalue weighted by molar-refractivity contribution is 6.14. The second-order valence-electron chi connectivity index (χ2n) is 3.93. The van der Waals surface area contributed by atoms with Crippen LogP contribution in [-0.4, -0.2) is 23.1 Å². The molecule has 0 aromatic heterocycles. The van der Waals surface area contributed by atoms with E-state index in [2.05, 4.69) is 5.16 Å². The van der Waals surface area contributed by atoms with Crippen LogP contribution in [-0.2, 0) is 0 Å². The van der Waals surface area contributed by atoms with Gasteiger partial charge in [-0.2, -0.15) is 0 Å². The number of ether oxygens (including phenoxy) is 1. The number of hydrogen-bond acceptors (Lipinski definition) is 4. The van der Waals surface area contributed by atoms with Crippen LogP contribution in [0.5, 0.6) is 11.5 Å². The highest BCUT2D eigenvalue weighted by Gasteiger charge is 2.20. The molecule has 0 spiro atoms. The molecular weight excluding hydrogens is 268 g/mol. The fourth-order valence-corrected chi connectivity index (χ4v) is 1.80. The Hall–Kier alpha value is -2.63. The Bertz CT molecular complexity index is 651. The first-order valence-electron chi connectivity index (χ1n) is 5.62. The molecule has 0 saturated heterocycles. The minimum Gasteiger partial charge on any atom is -0.507 e. The van der Waals surface area contributed by atoms with Gasteiger partial charge in [-0.05, 0) is 24.3 Å². The average molecular weight is 279 g/mol. The lowest BCUT2D eigenvalue weighted by Gasteiger charge is -2.10. The topological polar surface area (TPSA) is 62.0 Å². The van der Waals surface area contributed by atoms with Crippen LogP contribution in [0, 0.1) is 11.6 Å². The maximum Gasteiger partial charge on any atom is 0.135 e. The third-order valence-corrected chi connectivity index (χ3v) is 2.76. The minimum absolute atomic E-state index is 0.0164. The molecule has 6 heteroatoms. The summed E-state index contributed by atoms with van der Waals surface area (Å²) in [5.74, 6) is -1.75. The number of hydrogen-bond donors (Lipinski definition) is 2. The highest BCUT2D eigenvalue weighted by Crippen LogP contribution is 2.27. The molecule has 104 valence electrons. The van der Waals surface area contributed by atoms with E-state index in [0.29, 0.717) is 5.75 Å². The molecule has 2 aromatic carbocycles. The maximum absolute atomic E-state index is 13.7. The number of oxime groups is 1. The highest BCUT2D eigenvalue weighted by atomic mass is 19.1. The largest absolute Gasteiger partial charge is 0.507 e. The molecule has 2 rings (SSSR count). The summed E-state index contributed by atoms with van der Waals surface area (Å²) in [4.78, 5) is 0. The fraction of sp³-hybridized carbons (Fsp3) is 0.0714. The predicted octanol–water partition coefficient (Wildman–Crippen LogP) is 2.91. The number of methoxy groups -OCH3 is 1. The summed E-state index contributed by atoms with van der Waals surface area (Å²) >= 11 is 0. The maximum atomic E-state index is 13.7. The van der Waals surface area contributed by atoms with Gasteiger partial charge in [-0.25, -0.2) is 8.78 Å². The van der Waals surface area contributed by atoms with E-state index in [0.717, 1.165) is 12.1 Å². The van der Waals surface area contributed by atoms with Gasteiger partial charge in [0.1, 0.15) is 28.8 Å². The quantitative estimate of drug-likeness (QED) is 0.516. The molecule has 2 N–H and O–H groups in total. The summed E-state index contributed by atoms with van der Waals surface area (Å²) in [6.07, 6.45) is 0. The van der Waals surface area contributed by atoms with E-state index in [4.69, 9.17) is 9.94 Å². The normalized spacial score (nSPS) is 11.4. The molecule has 0 aliphatic rings. The van der Waals surface area contributed by atoms with Gasteiger partial charge in [0.25, 0.3) is 0 Å². The van der Waals surface area contributed by atoms with Crippen LogP contribution < -0.4 is 4.74 Å². The number of phenolic OH excluding ortho intramolecular Hbond substituents is 1. The van der Waals surface area contributed by atoms with Gasteiger partial charge in [-0.3, -0.25) is 0 Å². The Morgan fingerprint density at radius 3 is 2.30 bits per heavy atom. The lowest BCUT2D eigenvalue weighted by Crippen LogP contribution is -2.09. The van der Waals surface area contributed by atoms with Crippen molar-refractivity contribution in [3.8, 4) is 11.5 Å². The number of phenols is 1. The van der Waals surface area contributed by atoms with Gasteiger partial charge >= 0.3 is 0 Å². The summed E-state index contributed by atoms with van der Waals surface area (Å²) in [6, 6.07) is 7.32. The van der Waals surface area contributed by atoms with Crippen LogP contribution in [0.15, 0.2) is 41.6 Å². The van der Waals surface area contributed by atoms with E-state index in [-0.39, 0.29) is 11.3 Å². The number of nitrogens with zero attached hydrogens (tertiary/aromatic N) is 1. The monoisotopic (exact) mass is 279 g/mol. The lowest BCUT2D eigenvalue weighted by atomic mass is 10.0. The first-order chi connectivity index (χ1) is 9.58. The molecule has 0 aliphatic carbocycles. The van der Waals surface area contributed by atoms with Crippen molar-refractivity contribution in [2.75, 3.05) is 7.11 Å². The zero-order valence-electron chi connectivity index (χ0n) is 10.5. The predicted molar refractivity (Wildman–Crippen MR) is 68.4 cm³/mol. The van der Waals surface area contributed by atoms with Gasteiger partial charge < -0.3 is 15.1 Å². The first-order valence-corrected chi connectivity index (χ1v) is 5.62. The van der Waals surface area contributed by atoms with Crippen LogP contribution in [0.25, 0.3) is 0 Å². The van der Waals surface area contributed by atoms with Gasteiger partial charge in [-0.15, -0.1) is 0 Å². The van der Waals surface area contributed by atoms with Crippen molar-refractivity contribution < 1.29 is 23.8 Å². The summed E-state index contributed by atoms with van der Waals surface area (Å²) in [6.45, 7) is 0. The third-order valence-electron chi connectivity index (χ3n) is 2.76. The first kappa shape index (κ1) is 13.8. The van der Waals surface area contributed by atoms with Crippen molar-refractivity contribution >= 4 is 5.71 Å². The summed E-state index contributed by atoms with van der Waals surface area (Å²) < 4.78 is 32.3. The Kier molecular flexibility index (Phi) is 3.84. The molecule has 2 aromatic rings. The Balaban J connectivity index is 2.60. The molecule has 0 bridgehead atoms. The number of benzene rings is 2. The van der Waals surface area contributed by atoms with E-state index in [1.54, 1.807) is 0 Å². The van der Waals surface area contributed by atoms with Crippen LogP contribution in [0.2, 0.25) is 0 Å². The van der Waals surface area contributed by atoms with Gasteiger partial charge in [0, 0.05) is 11.6 Å². The smallest absolute Gasteiger partial charge is 0.135 e. The molecule has 0 unspecified atom stereocenters. The summed E-state index contributed by atoms with van der Waals surface area (Å²) in [5.41, 5.74) is -0.937. The number of aromatic hydroxyl groups is 1. The second-order valence-corrected chi connectivity index (χ2v) is 3.93. The molecule has 0 amide bonds. The van der Waals surface area contributed by atoms with E-state index in [9.17, 15) is 13.9 Å². The standard InChI is InChI=1S/C14H11F2NO3/c1-20-8-5-6-9(12(18)7-8)14(17-19)13-10(15)3-2-4-11(13)16/h2-7,18-19H,1H3/b17-14+. The van der Waals surface area contributed by atoms with Crippen molar-refractivity contribution in [3.63, 3.8) is 0 Å². The lowest BCUT2D eigenvalue weighted by molar-refractivity contribution is 0.319. The van der Waals surface area contributed by atoms with Crippen LogP contribution >= 0.6 is 0 Å². The molecule has 20 heavy (non-hydrogen) atoms. The van der Waals surface area contributed by atoms with Gasteiger partial charge in [0.2, 0.25) is 0 Å². The van der Waals surface area contributed by atoms with Crippen molar-refractivity contribution in [1.82, 2.24) is 0 Å². The summed E-state index contributed by atoms with van der Waals surface area (Å²) in [7, 11) is 1.41. The van der Waals surface area contributed by atoms with Crippen LogP contribution in [0.4, 0.5) is 8.78 Å². The van der Waals surface area contributed by atoms with Gasteiger partial charge in [0.05, 0.1) is 12.7 Å². The van der Waals surface area contributed by atoms with E-state index >= 15 is 0 Å². The number of halogens is 2. The number of rotatable bonds is 3. The Labute approximate surface area is 113 Å². The third kappa shape index (κ3) is 2.40. The fourth-order valence-electron chi connectivity index (χ4n) is 1.80. The van der Waals surface area contributed by atoms with E-state index < -0.39 is 22.9 Å². The van der Waals surface area contributed by atoms with Crippen LogP contribution in [0.3, 0.4) is 0 Å². The Morgan fingerprint density at radius 2 is 1.80 bits per heavy atom. The molecule has 0 aliphatic heterocycles. The minimum atomic E-state index is -0.895. The van der Waals surface area contributed by atoms with Crippen molar-refractivity contribution in [1.29, 1.82) is 0 Å². The molecular formula is C14H11F2NO3. The van der Waals surface area contributed by atoms with E-state index in [1.807, 2.05) is 0 Å². The average Bonchev–Trinajstić information content (AvgIpc) is 2.43. The van der Waals surface area contributed by atoms with Crippen molar-refractivity contribution in [2.24, 2.45) is 5.16 Å². The van der Waals surface area contributed by atoms with Crippen molar-refractivity contribution in [3.05, 3.63) is 59.2 Å². The SMILES string of the molecule is COc1ccc(/C(=N\O)c2c(F)cccc2F)c(O)c1. The molecule has 4 nitrogen and oxygen atoms in total. The van der Waals surface area contributed by atoms with Gasteiger partial charge in [0.15, 0.2) is 0 Å². The molecule has 0 heterocycles. The second kappa shape index (κ2) is 5.56.